The topological polar surface area (TPSA) is 38.7 Å². The minimum Gasteiger partial charge on any atom is -0.508 e. The number of rotatable bonds is 1. The van der Waals surface area contributed by atoms with Gasteiger partial charge in [0.25, 0.3) is 0 Å². The van der Waals surface area contributed by atoms with Gasteiger partial charge in [0.1, 0.15) is 5.75 Å². The third kappa shape index (κ3) is 0.978. The maximum absolute atomic E-state index is 9.44. The molecule has 1 N–H and O–H groups in total. The molecule has 0 fully saturated rings. The molecule has 1 aromatic carbocycles. The predicted octanol–water partition coefficient (Wildman–Crippen LogP) is 1.68. The lowest BCUT2D eigenvalue weighted by molar-refractivity contribution is 0.174. The Morgan fingerprint density at radius 1 is 1.33 bits per heavy atom. The molecule has 2 rings (SSSR count). The second-order valence-corrected chi connectivity index (χ2v) is 2.69. The van der Waals surface area contributed by atoms with Crippen molar-refractivity contribution in [1.29, 1.82) is 0 Å². The van der Waals surface area contributed by atoms with Crippen LogP contribution in [0.5, 0.6) is 17.2 Å². The van der Waals surface area contributed by atoms with E-state index in [9.17, 15) is 5.11 Å². The molecule has 0 bridgehead atoms. The Balaban J connectivity index is 2.49. The van der Waals surface area contributed by atoms with Gasteiger partial charge in [0.15, 0.2) is 11.5 Å². The molecule has 1 aromatic rings. The minimum absolute atomic E-state index is 0.252. The van der Waals surface area contributed by atoms with Crippen molar-refractivity contribution in [2.45, 2.75) is 13.3 Å². The van der Waals surface area contributed by atoms with Gasteiger partial charge < -0.3 is 14.6 Å². The van der Waals surface area contributed by atoms with Crippen LogP contribution in [0.1, 0.15) is 12.5 Å². The van der Waals surface area contributed by atoms with E-state index in [1.54, 1.807) is 6.07 Å². The lowest BCUT2D eigenvalue weighted by Crippen LogP contribution is -1.92. The van der Waals surface area contributed by atoms with Crippen LogP contribution in [-0.4, -0.2) is 11.9 Å². The number of aromatic hydroxyl groups is 1. The van der Waals surface area contributed by atoms with Gasteiger partial charge in [-0.05, 0) is 18.1 Å². The largest absolute Gasteiger partial charge is 0.508 e. The van der Waals surface area contributed by atoms with E-state index in [2.05, 4.69) is 0 Å². The summed E-state index contributed by atoms with van der Waals surface area (Å²) in [5.74, 6) is 1.64. The van der Waals surface area contributed by atoms with Gasteiger partial charge in [-0.3, -0.25) is 0 Å². The summed E-state index contributed by atoms with van der Waals surface area (Å²) in [4.78, 5) is 0. The molecule has 3 heteroatoms. The number of ether oxygens (including phenoxy) is 2. The third-order valence-corrected chi connectivity index (χ3v) is 1.95. The van der Waals surface area contributed by atoms with E-state index in [1.807, 2.05) is 13.0 Å². The molecule has 0 saturated carbocycles. The molecule has 0 amide bonds. The number of phenols is 1. The zero-order valence-electron chi connectivity index (χ0n) is 6.83. The van der Waals surface area contributed by atoms with Crippen molar-refractivity contribution in [3.8, 4) is 17.2 Å². The predicted molar refractivity (Wildman–Crippen MR) is 43.6 cm³/mol. The lowest BCUT2D eigenvalue weighted by Gasteiger charge is -2.02. The summed E-state index contributed by atoms with van der Waals surface area (Å²) in [5, 5.41) is 9.44. The molecule has 0 aliphatic carbocycles. The maximum atomic E-state index is 9.44. The van der Waals surface area contributed by atoms with Gasteiger partial charge in [0.2, 0.25) is 6.79 Å². The summed E-state index contributed by atoms with van der Waals surface area (Å²) in [5.41, 5.74) is 0.888. The summed E-state index contributed by atoms with van der Waals surface area (Å²) in [6.07, 6.45) is 0.794. The van der Waals surface area contributed by atoms with Crippen LogP contribution in [0.3, 0.4) is 0 Å². The Morgan fingerprint density at radius 3 is 2.67 bits per heavy atom. The number of hydrogen-bond acceptors (Lipinski definition) is 3. The highest BCUT2D eigenvalue weighted by Crippen LogP contribution is 2.37. The summed E-state index contributed by atoms with van der Waals surface area (Å²) in [6.45, 7) is 2.24. The molecular weight excluding hydrogens is 156 g/mol. The summed E-state index contributed by atoms with van der Waals surface area (Å²) in [6, 6.07) is 3.42. The maximum Gasteiger partial charge on any atom is 0.231 e. The first-order valence-corrected chi connectivity index (χ1v) is 3.92. The first kappa shape index (κ1) is 7.28. The van der Waals surface area contributed by atoms with Crippen LogP contribution < -0.4 is 9.47 Å². The van der Waals surface area contributed by atoms with E-state index in [0.29, 0.717) is 5.75 Å². The smallest absolute Gasteiger partial charge is 0.231 e. The fourth-order valence-corrected chi connectivity index (χ4v) is 1.26. The average molecular weight is 166 g/mol. The molecule has 3 nitrogen and oxygen atoms in total. The number of benzene rings is 1. The van der Waals surface area contributed by atoms with E-state index in [1.165, 1.54) is 0 Å². The monoisotopic (exact) mass is 166 g/mol. The Morgan fingerprint density at radius 2 is 2.00 bits per heavy atom. The molecule has 1 aliphatic heterocycles. The molecule has 0 spiro atoms. The van der Waals surface area contributed by atoms with Crippen LogP contribution in [-0.2, 0) is 6.42 Å². The molecule has 64 valence electrons. The Labute approximate surface area is 70.5 Å². The first-order valence-electron chi connectivity index (χ1n) is 3.92. The summed E-state index contributed by atoms with van der Waals surface area (Å²) in [7, 11) is 0. The molecule has 1 heterocycles. The van der Waals surface area contributed by atoms with Crippen molar-refractivity contribution in [2.75, 3.05) is 6.79 Å². The molecular formula is C9H10O3. The van der Waals surface area contributed by atoms with E-state index in [0.717, 1.165) is 17.7 Å². The Hall–Kier alpha value is -1.38. The number of fused-ring (bicyclic) bond motifs is 1. The number of aryl methyl sites for hydroxylation is 1. The van der Waals surface area contributed by atoms with Crippen molar-refractivity contribution in [2.24, 2.45) is 0 Å². The van der Waals surface area contributed by atoms with E-state index >= 15 is 0 Å². The fraction of sp³-hybridized carbons (Fsp3) is 0.333. The highest BCUT2D eigenvalue weighted by molar-refractivity contribution is 5.51. The molecule has 0 aromatic heterocycles. The van der Waals surface area contributed by atoms with E-state index < -0.39 is 0 Å². The van der Waals surface area contributed by atoms with Crippen molar-refractivity contribution >= 4 is 0 Å². The highest BCUT2D eigenvalue weighted by Gasteiger charge is 2.15. The normalized spacial score (nSPS) is 13.4. The summed E-state index contributed by atoms with van der Waals surface area (Å²) >= 11 is 0. The van der Waals surface area contributed by atoms with Gasteiger partial charge in [-0.15, -0.1) is 0 Å². The standard InChI is InChI=1S/C9H10O3/c1-2-6-3-8-9(4-7(6)10)12-5-11-8/h3-4,10H,2,5H2,1H3. The number of hydrogen-bond donors (Lipinski definition) is 1. The van der Waals surface area contributed by atoms with E-state index in [4.69, 9.17) is 9.47 Å². The van der Waals surface area contributed by atoms with Crippen LogP contribution in [0.2, 0.25) is 0 Å². The molecule has 1 aliphatic rings. The number of phenolic OH excluding ortho intramolecular Hbond substituents is 1. The zero-order chi connectivity index (χ0) is 8.55. The van der Waals surface area contributed by atoms with Gasteiger partial charge >= 0.3 is 0 Å². The van der Waals surface area contributed by atoms with Crippen LogP contribution >= 0.6 is 0 Å². The van der Waals surface area contributed by atoms with Crippen LogP contribution in [0.25, 0.3) is 0 Å². The van der Waals surface area contributed by atoms with Crippen molar-refractivity contribution in [3.05, 3.63) is 17.7 Å². The van der Waals surface area contributed by atoms with Gasteiger partial charge in [-0.2, -0.15) is 0 Å². The van der Waals surface area contributed by atoms with Gasteiger partial charge in [0.05, 0.1) is 0 Å². The van der Waals surface area contributed by atoms with E-state index in [-0.39, 0.29) is 12.5 Å². The van der Waals surface area contributed by atoms with Gasteiger partial charge in [-0.25, -0.2) is 0 Å². The SMILES string of the molecule is CCc1cc2c(cc1O)OCO2. The van der Waals surface area contributed by atoms with Crippen molar-refractivity contribution in [1.82, 2.24) is 0 Å². The second-order valence-electron chi connectivity index (χ2n) is 2.69. The first-order chi connectivity index (χ1) is 5.81. The average Bonchev–Trinajstić information content (AvgIpc) is 2.49. The minimum atomic E-state index is 0.252. The quantitative estimate of drug-likeness (QED) is 0.689. The molecule has 0 saturated heterocycles. The molecule has 0 radical (unpaired) electrons. The fourth-order valence-electron chi connectivity index (χ4n) is 1.26. The van der Waals surface area contributed by atoms with Crippen LogP contribution in [0.4, 0.5) is 0 Å². The molecule has 12 heavy (non-hydrogen) atoms. The molecule has 0 unspecified atom stereocenters. The zero-order valence-corrected chi connectivity index (χ0v) is 6.83. The van der Waals surface area contributed by atoms with Gasteiger partial charge in [0, 0.05) is 6.07 Å². The molecule has 0 atom stereocenters. The van der Waals surface area contributed by atoms with Crippen molar-refractivity contribution < 1.29 is 14.6 Å². The highest BCUT2D eigenvalue weighted by atomic mass is 16.7. The summed E-state index contributed by atoms with van der Waals surface area (Å²) < 4.78 is 10.3. The lowest BCUT2D eigenvalue weighted by atomic mass is 10.1. The Bertz CT molecular complexity index is 306. The van der Waals surface area contributed by atoms with Crippen LogP contribution in [0, 0.1) is 0 Å². The van der Waals surface area contributed by atoms with Crippen molar-refractivity contribution in [3.63, 3.8) is 0 Å². The second kappa shape index (κ2) is 2.59. The van der Waals surface area contributed by atoms with Crippen LogP contribution in [0.15, 0.2) is 12.1 Å². The van der Waals surface area contributed by atoms with Gasteiger partial charge in [-0.1, -0.05) is 6.92 Å². The Kier molecular flexibility index (Phi) is 1.57. The third-order valence-electron chi connectivity index (χ3n) is 1.95.